The number of nitrogens with two attached hydrogens (primary N) is 1. The molecular formula is C25H28N4O. The van der Waals surface area contributed by atoms with Gasteiger partial charge < -0.3 is 15.8 Å². The highest BCUT2D eigenvalue weighted by Gasteiger charge is 2.25. The molecule has 2 fully saturated rings. The van der Waals surface area contributed by atoms with E-state index in [0.29, 0.717) is 17.8 Å². The summed E-state index contributed by atoms with van der Waals surface area (Å²) in [6.45, 7) is 2.82. The first-order chi connectivity index (χ1) is 14.8. The molecule has 2 aromatic heterocycles. The molecule has 1 atom stereocenters. The van der Waals surface area contributed by atoms with E-state index in [4.69, 9.17) is 10.5 Å². The van der Waals surface area contributed by atoms with Crippen LogP contribution in [0.25, 0.3) is 22.3 Å². The predicted molar refractivity (Wildman–Crippen MR) is 120 cm³/mol. The van der Waals surface area contributed by atoms with Crippen LogP contribution in [-0.2, 0) is 4.74 Å². The van der Waals surface area contributed by atoms with Crippen LogP contribution in [0.2, 0.25) is 0 Å². The van der Waals surface area contributed by atoms with Gasteiger partial charge in [-0.25, -0.2) is 4.98 Å². The summed E-state index contributed by atoms with van der Waals surface area (Å²) in [6, 6.07) is 13.5. The molecule has 0 spiro atoms. The average Bonchev–Trinajstić information content (AvgIpc) is 3.35. The second kappa shape index (κ2) is 8.54. The molecule has 5 nitrogen and oxygen atoms in total. The number of hydrogen-bond donors (Lipinski definition) is 2. The van der Waals surface area contributed by atoms with Crippen LogP contribution in [0.1, 0.15) is 48.8 Å². The minimum Gasteiger partial charge on any atom is -0.383 e. The van der Waals surface area contributed by atoms with Crippen LogP contribution in [0.5, 0.6) is 0 Å². The van der Waals surface area contributed by atoms with E-state index in [1.165, 1.54) is 29.5 Å². The molecule has 30 heavy (non-hydrogen) atoms. The van der Waals surface area contributed by atoms with E-state index >= 15 is 0 Å². The summed E-state index contributed by atoms with van der Waals surface area (Å²) >= 11 is 0. The third-order valence-corrected chi connectivity index (χ3v) is 6.43. The number of nitrogen functional groups attached to an aromatic ring is 1. The van der Waals surface area contributed by atoms with Gasteiger partial charge in [0.2, 0.25) is 0 Å². The van der Waals surface area contributed by atoms with Crippen molar-refractivity contribution in [2.24, 2.45) is 0 Å². The number of nitrogens with one attached hydrogen (secondary N) is 1. The van der Waals surface area contributed by atoms with Crippen molar-refractivity contribution in [3.8, 4) is 22.3 Å². The van der Waals surface area contributed by atoms with Crippen molar-refractivity contribution in [3.63, 3.8) is 0 Å². The molecule has 0 unspecified atom stereocenters. The molecule has 2 saturated heterocycles. The highest BCUT2D eigenvalue weighted by atomic mass is 16.5. The number of rotatable bonds is 4. The molecular weight excluding hydrogens is 372 g/mol. The normalized spacial score (nSPS) is 19.8. The molecule has 2 aliphatic rings. The largest absolute Gasteiger partial charge is 0.383 e. The van der Waals surface area contributed by atoms with Crippen molar-refractivity contribution in [1.29, 1.82) is 0 Å². The SMILES string of the molecule is Nc1ncc(-c2ccc(C3CCOCC3)c([C@@H]3CCCN3)c2)cc1-c1ccncc1. The Morgan fingerprint density at radius 3 is 2.50 bits per heavy atom. The van der Waals surface area contributed by atoms with E-state index in [9.17, 15) is 0 Å². The van der Waals surface area contributed by atoms with Crippen LogP contribution in [0.3, 0.4) is 0 Å². The Hall–Kier alpha value is -2.76. The van der Waals surface area contributed by atoms with Crippen molar-refractivity contribution in [3.05, 3.63) is 66.1 Å². The Balaban J connectivity index is 1.55. The highest BCUT2D eigenvalue weighted by molar-refractivity contribution is 5.79. The first kappa shape index (κ1) is 19.2. The van der Waals surface area contributed by atoms with Gasteiger partial charge in [-0.3, -0.25) is 4.98 Å². The highest BCUT2D eigenvalue weighted by Crippen LogP contribution is 2.38. The van der Waals surface area contributed by atoms with E-state index in [1.807, 2.05) is 18.3 Å². The zero-order valence-electron chi connectivity index (χ0n) is 17.2. The van der Waals surface area contributed by atoms with Crippen LogP contribution in [0.4, 0.5) is 5.82 Å². The van der Waals surface area contributed by atoms with Gasteiger partial charge in [0.15, 0.2) is 0 Å². The lowest BCUT2D eigenvalue weighted by atomic mass is 9.84. The van der Waals surface area contributed by atoms with Crippen LogP contribution in [-0.4, -0.2) is 29.7 Å². The number of benzene rings is 1. The molecule has 4 heterocycles. The quantitative estimate of drug-likeness (QED) is 0.663. The minimum atomic E-state index is 0.434. The molecule has 5 heteroatoms. The smallest absolute Gasteiger partial charge is 0.131 e. The van der Waals surface area contributed by atoms with E-state index < -0.39 is 0 Å². The van der Waals surface area contributed by atoms with Crippen molar-refractivity contribution in [1.82, 2.24) is 15.3 Å². The molecule has 0 bridgehead atoms. The van der Waals surface area contributed by atoms with Gasteiger partial charge in [0.25, 0.3) is 0 Å². The molecule has 0 saturated carbocycles. The van der Waals surface area contributed by atoms with Crippen molar-refractivity contribution < 1.29 is 4.74 Å². The zero-order chi connectivity index (χ0) is 20.3. The minimum absolute atomic E-state index is 0.434. The molecule has 154 valence electrons. The summed E-state index contributed by atoms with van der Waals surface area (Å²) in [6.07, 6.45) is 10.1. The summed E-state index contributed by atoms with van der Waals surface area (Å²) in [4.78, 5) is 8.61. The van der Waals surface area contributed by atoms with Crippen LogP contribution in [0, 0.1) is 0 Å². The molecule has 1 aromatic carbocycles. The maximum Gasteiger partial charge on any atom is 0.131 e. The van der Waals surface area contributed by atoms with Crippen LogP contribution in [0.15, 0.2) is 55.0 Å². The van der Waals surface area contributed by atoms with E-state index in [2.05, 4.69) is 39.6 Å². The lowest BCUT2D eigenvalue weighted by Gasteiger charge is -2.27. The second-order valence-corrected chi connectivity index (χ2v) is 8.27. The molecule has 3 N–H and O–H groups in total. The lowest BCUT2D eigenvalue weighted by Crippen LogP contribution is -2.19. The van der Waals surface area contributed by atoms with Gasteiger partial charge >= 0.3 is 0 Å². The first-order valence-corrected chi connectivity index (χ1v) is 10.9. The Bertz CT molecular complexity index is 1010. The topological polar surface area (TPSA) is 73.1 Å². The molecule has 0 aliphatic carbocycles. The van der Waals surface area contributed by atoms with E-state index in [1.54, 1.807) is 12.4 Å². The predicted octanol–water partition coefficient (Wildman–Crippen LogP) is 4.71. The van der Waals surface area contributed by atoms with Gasteiger partial charge in [-0.15, -0.1) is 0 Å². The van der Waals surface area contributed by atoms with Crippen LogP contribution < -0.4 is 11.1 Å². The molecule has 3 aromatic rings. The number of ether oxygens (including phenoxy) is 1. The number of aromatic nitrogens is 2. The fourth-order valence-electron chi connectivity index (χ4n) is 4.78. The molecule has 5 rings (SSSR count). The first-order valence-electron chi connectivity index (χ1n) is 10.9. The summed E-state index contributed by atoms with van der Waals surface area (Å²) < 4.78 is 5.61. The van der Waals surface area contributed by atoms with Gasteiger partial charge in [-0.05, 0) is 84.7 Å². The van der Waals surface area contributed by atoms with E-state index in [0.717, 1.165) is 49.3 Å². The summed E-state index contributed by atoms with van der Waals surface area (Å²) in [5, 5.41) is 3.70. The molecule has 2 aliphatic heterocycles. The summed E-state index contributed by atoms with van der Waals surface area (Å²) in [5.74, 6) is 1.13. The fraction of sp³-hybridized carbons (Fsp3) is 0.360. The number of pyridine rings is 2. The molecule has 0 radical (unpaired) electrons. The standard InChI is InChI=1S/C25H28N4O/c26-25-22(17-5-10-27-11-6-17)15-20(16-29-25)19-3-4-21(18-7-12-30-13-8-18)23(14-19)24-2-1-9-28-24/h3-6,10-11,14-16,18,24,28H,1-2,7-9,12-13H2,(H2,26,29)/t24-/m0/s1. The number of nitrogens with zero attached hydrogens (tertiary/aromatic N) is 2. The van der Waals surface area contributed by atoms with Gasteiger partial charge in [-0.1, -0.05) is 12.1 Å². The molecule has 0 amide bonds. The fourth-order valence-corrected chi connectivity index (χ4v) is 4.78. The summed E-state index contributed by atoms with van der Waals surface area (Å²) in [5.41, 5.74) is 13.4. The van der Waals surface area contributed by atoms with Gasteiger partial charge in [0.05, 0.1) is 0 Å². The van der Waals surface area contributed by atoms with Crippen molar-refractivity contribution in [2.75, 3.05) is 25.5 Å². The van der Waals surface area contributed by atoms with Crippen LogP contribution >= 0.6 is 0 Å². The second-order valence-electron chi connectivity index (χ2n) is 8.27. The van der Waals surface area contributed by atoms with Crippen molar-refractivity contribution >= 4 is 5.82 Å². The van der Waals surface area contributed by atoms with Crippen molar-refractivity contribution in [2.45, 2.75) is 37.6 Å². The number of hydrogen-bond acceptors (Lipinski definition) is 5. The maximum absolute atomic E-state index is 6.20. The Morgan fingerprint density at radius 1 is 0.900 bits per heavy atom. The Morgan fingerprint density at radius 2 is 1.73 bits per heavy atom. The maximum atomic E-state index is 6.20. The zero-order valence-corrected chi connectivity index (χ0v) is 17.2. The van der Waals surface area contributed by atoms with Gasteiger partial charge in [0.1, 0.15) is 5.82 Å². The third-order valence-electron chi connectivity index (χ3n) is 6.43. The van der Waals surface area contributed by atoms with Gasteiger partial charge in [-0.2, -0.15) is 0 Å². The third kappa shape index (κ3) is 3.83. The van der Waals surface area contributed by atoms with Gasteiger partial charge in [0, 0.05) is 49.0 Å². The number of anilines is 1. The Labute approximate surface area is 177 Å². The lowest BCUT2D eigenvalue weighted by molar-refractivity contribution is 0.0851. The summed E-state index contributed by atoms with van der Waals surface area (Å²) in [7, 11) is 0. The van der Waals surface area contributed by atoms with E-state index in [-0.39, 0.29) is 0 Å². The average molecular weight is 401 g/mol. The monoisotopic (exact) mass is 400 g/mol. The Kier molecular flexibility index (Phi) is 5.47.